The fourth-order valence-corrected chi connectivity index (χ4v) is 1.54. The van der Waals surface area contributed by atoms with Crippen molar-refractivity contribution in [3.63, 3.8) is 0 Å². The summed E-state index contributed by atoms with van der Waals surface area (Å²) in [6.45, 7) is 1.88. The molecule has 1 N–H and O–H groups in total. The van der Waals surface area contributed by atoms with Crippen LogP contribution in [0.15, 0.2) is 30.3 Å². The molecule has 80 valence electrons. The molecule has 4 heteroatoms. The van der Waals surface area contributed by atoms with Gasteiger partial charge in [0.2, 0.25) is 0 Å². The van der Waals surface area contributed by atoms with Crippen LogP contribution in [0.25, 0.3) is 0 Å². The first-order valence-electron chi connectivity index (χ1n) is 4.85. The summed E-state index contributed by atoms with van der Waals surface area (Å²) < 4.78 is 10.2. The van der Waals surface area contributed by atoms with Crippen LogP contribution in [0.2, 0.25) is 0 Å². The van der Waals surface area contributed by atoms with Gasteiger partial charge in [0.25, 0.3) is 6.41 Å². The maximum atomic E-state index is 10.7. The highest BCUT2D eigenvalue weighted by Gasteiger charge is 2.27. The molecule has 0 radical (unpaired) electrons. The Morgan fingerprint density at radius 2 is 2.20 bits per heavy atom. The van der Waals surface area contributed by atoms with Gasteiger partial charge in [0.05, 0.1) is 12.6 Å². The predicted octanol–water partition coefficient (Wildman–Crippen LogP) is 1.19. The van der Waals surface area contributed by atoms with E-state index in [2.05, 4.69) is 5.32 Å². The Bertz CT molecular complexity index is 339. The standard InChI is InChI=1S/C11H13NO3/c1-8(13)15-11-12-10(7-14-11)9-5-3-2-4-6-9/h2-6,10-12H,7H2,1H3. The Morgan fingerprint density at radius 3 is 2.87 bits per heavy atom. The fraction of sp³-hybridized carbons (Fsp3) is 0.364. The van der Waals surface area contributed by atoms with E-state index in [-0.39, 0.29) is 12.0 Å². The Morgan fingerprint density at radius 1 is 1.47 bits per heavy atom. The molecular formula is C11H13NO3. The third-order valence-electron chi connectivity index (χ3n) is 2.23. The van der Waals surface area contributed by atoms with E-state index in [9.17, 15) is 4.79 Å². The highest BCUT2D eigenvalue weighted by Crippen LogP contribution is 2.19. The minimum atomic E-state index is -0.618. The van der Waals surface area contributed by atoms with Gasteiger partial charge in [-0.1, -0.05) is 30.3 Å². The van der Waals surface area contributed by atoms with Gasteiger partial charge in [-0.15, -0.1) is 0 Å². The van der Waals surface area contributed by atoms with Crippen molar-refractivity contribution in [1.29, 1.82) is 0 Å². The average Bonchev–Trinajstić information content (AvgIpc) is 2.67. The van der Waals surface area contributed by atoms with E-state index in [1.165, 1.54) is 6.92 Å². The van der Waals surface area contributed by atoms with Crippen LogP contribution >= 0.6 is 0 Å². The summed E-state index contributed by atoms with van der Waals surface area (Å²) in [7, 11) is 0. The van der Waals surface area contributed by atoms with Gasteiger partial charge in [-0.25, -0.2) is 5.32 Å². The Balaban J connectivity index is 1.96. The van der Waals surface area contributed by atoms with Crippen molar-refractivity contribution in [2.45, 2.75) is 19.4 Å². The normalized spacial score (nSPS) is 25.1. The van der Waals surface area contributed by atoms with E-state index in [1.54, 1.807) is 0 Å². The molecular weight excluding hydrogens is 194 g/mol. The van der Waals surface area contributed by atoms with Gasteiger partial charge in [-0.3, -0.25) is 4.79 Å². The number of hydrogen-bond acceptors (Lipinski definition) is 4. The van der Waals surface area contributed by atoms with Gasteiger partial charge in [-0.05, 0) is 5.56 Å². The molecule has 1 fully saturated rings. The molecule has 1 aliphatic heterocycles. The number of ether oxygens (including phenoxy) is 2. The number of benzene rings is 1. The van der Waals surface area contributed by atoms with Gasteiger partial charge in [0.1, 0.15) is 0 Å². The van der Waals surface area contributed by atoms with Crippen molar-refractivity contribution in [2.24, 2.45) is 0 Å². The molecule has 0 aromatic heterocycles. The summed E-state index contributed by atoms with van der Waals surface area (Å²) in [6, 6.07) is 10.0. The van der Waals surface area contributed by atoms with Crippen molar-refractivity contribution in [3.8, 4) is 0 Å². The third-order valence-corrected chi connectivity index (χ3v) is 2.23. The molecule has 0 spiro atoms. The number of hydrogen-bond donors (Lipinski definition) is 1. The van der Waals surface area contributed by atoms with Crippen LogP contribution in [0.3, 0.4) is 0 Å². The first-order chi connectivity index (χ1) is 7.25. The van der Waals surface area contributed by atoms with Gasteiger partial charge in [0.15, 0.2) is 0 Å². The molecule has 1 aromatic rings. The van der Waals surface area contributed by atoms with Crippen LogP contribution in [-0.2, 0) is 14.3 Å². The first kappa shape index (κ1) is 10.1. The molecule has 1 aliphatic rings. The molecule has 0 aliphatic carbocycles. The lowest BCUT2D eigenvalue weighted by atomic mass is 10.1. The van der Waals surface area contributed by atoms with Crippen LogP contribution < -0.4 is 5.32 Å². The molecule has 1 saturated heterocycles. The zero-order chi connectivity index (χ0) is 10.7. The van der Waals surface area contributed by atoms with Crippen molar-refractivity contribution < 1.29 is 14.3 Å². The monoisotopic (exact) mass is 207 g/mol. The number of nitrogens with one attached hydrogen (secondary N) is 1. The lowest BCUT2D eigenvalue weighted by Gasteiger charge is -2.11. The molecule has 0 saturated carbocycles. The van der Waals surface area contributed by atoms with Crippen LogP contribution in [-0.4, -0.2) is 19.0 Å². The molecule has 0 amide bonds. The Kier molecular flexibility index (Phi) is 2.99. The van der Waals surface area contributed by atoms with Gasteiger partial charge >= 0.3 is 5.97 Å². The summed E-state index contributed by atoms with van der Waals surface area (Å²) in [5.74, 6) is -0.346. The Hall–Kier alpha value is -1.39. The second-order valence-electron chi connectivity index (χ2n) is 3.40. The summed E-state index contributed by atoms with van der Waals surface area (Å²) in [5.41, 5.74) is 1.13. The minimum Gasteiger partial charge on any atom is -0.422 e. The zero-order valence-corrected chi connectivity index (χ0v) is 8.47. The lowest BCUT2D eigenvalue weighted by molar-refractivity contribution is -0.170. The predicted molar refractivity (Wildman–Crippen MR) is 53.8 cm³/mol. The SMILES string of the molecule is CC(=O)OC1NC(c2ccccc2)CO1. The molecule has 2 atom stereocenters. The molecule has 15 heavy (non-hydrogen) atoms. The summed E-state index contributed by atoms with van der Waals surface area (Å²) in [5, 5.41) is 3.07. The van der Waals surface area contributed by atoms with E-state index in [1.807, 2.05) is 30.3 Å². The van der Waals surface area contributed by atoms with Crippen molar-refractivity contribution in [2.75, 3.05) is 6.61 Å². The highest BCUT2D eigenvalue weighted by molar-refractivity contribution is 5.66. The zero-order valence-electron chi connectivity index (χ0n) is 8.47. The average molecular weight is 207 g/mol. The summed E-state index contributed by atoms with van der Waals surface area (Å²) >= 11 is 0. The van der Waals surface area contributed by atoms with Crippen molar-refractivity contribution in [1.82, 2.24) is 5.32 Å². The number of esters is 1. The summed E-state index contributed by atoms with van der Waals surface area (Å²) in [6.07, 6.45) is -0.618. The Labute approximate surface area is 88.2 Å². The second kappa shape index (κ2) is 4.42. The van der Waals surface area contributed by atoms with Gasteiger partial charge in [-0.2, -0.15) is 0 Å². The molecule has 2 rings (SSSR count). The van der Waals surface area contributed by atoms with E-state index < -0.39 is 6.41 Å². The number of carbonyl (C=O) groups is 1. The topological polar surface area (TPSA) is 47.6 Å². The fourth-order valence-electron chi connectivity index (χ4n) is 1.54. The van der Waals surface area contributed by atoms with Crippen LogP contribution in [0.5, 0.6) is 0 Å². The number of carbonyl (C=O) groups excluding carboxylic acids is 1. The van der Waals surface area contributed by atoms with Crippen LogP contribution in [0.4, 0.5) is 0 Å². The van der Waals surface area contributed by atoms with Gasteiger partial charge in [0, 0.05) is 6.92 Å². The van der Waals surface area contributed by atoms with Crippen LogP contribution in [0.1, 0.15) is 18.5 Å². The van der Waals surface area contributed by atoms with E-state index in [0.717, 1.165) is 5.56 Å². The van der Waals surface area contributed by atoms with E-state index in [0.29, 0.717) is 6.61 Å². The maximum absolute atomic E-state index is 10.7. The summed E-state index contributed by atoms with van der Waals surface area (Å²) in [4.78, 5) is 10.7. The second-order valence-corrected chi connectivity index (χ2v) is 3.40. The molecule has 0 bridgehead atoms. The number of rotatable bonds is 2. The van der Waals surface area contributed by atoms with Gasteiger partial charge < -0.3 is 9.47 Å². The third kappa shape index (κ3) is 2.55. The largest absolute Gasteiger partial charge is 0.422 e. The smallest absolute Gasteiger partial charge is 0.305 e. The van der Waals surface area contributed by atoms with Crippen molar-refractivity contribution in [3.05, 3.63) is 35.9 Å². The van der Waals surface area contributed by atoms with E-state index in [4.69, 9.17) is 9.47 Å². The molecule has 1 heterocycles. The molecule has 2 unspecified atom stereocenters. The highest BCUT2D eigenvalue weighted by atomic mass is 16.7. The quantitative estimate of drug-likeness (QED) is 0.740. The molecule has 1 aromatic carbocycles. The first-order valence-corrected chi connectivity index (χ1v) is 4.85. The van der Waals surface area contributed by atoms with Crippen LogP contribution in [0, 0.1) is 0 Å². The molecule has 4 nitrogen and oxygen atoms in total. The van der Waals surface area contributed by atoms with E-state index >= 15 is 0 Å². The van der Waals surface area contributed by atoms with Crippen molar-refractivity contribution >= 4 is 5.97 Å². The minimum absolute atomic E-state index is 0.0931. The maximum Gasteiger partial charge on any atom is 0.305 e. The lowest BCUT2D eigenvalue weighted by Crippen LogP contribution is -2.29.